The summed E-state index contributed by atoms with van der Waals surface area (Å²) in [5.74, 6) is -0.146. The zero-order valence-corrected chi connectivity index (χ0v) is 13.5. The summed E-state index contributed by atoms with van der Waals surface area (Å²) in [6.07, 6.45) is 3.44. The number of nitrogens with zero attached hydrogens (tertiary/aromatic N) is 2. The first kappa shape index (κ1) is 16.7. The van der Waals surface area contributed by atoms with Gasteiger partial charge in [-0.3, -0.25) is 14.6 Å². The van der Waals surface area contributed by atoms with Crippen molar-refractivity contribution in [1.29, 1.82) is 0 Å². The molecule has 0 fully saturated rings. The predicted molar refractivity (Wildman–Crippen MR) is 88.8 cm³/mol. The molecule has 120 valence electrons. The first-order valence-electron chi connectivity index (χ1n) is 7.56. The molecule has 0 saturated carbocycles. The van der Waals surface area contributed by atoms with Crippen molar-refractivity contribution < 1.29 is 9.59 Å². The van der Waals surface area contributed by atoms with Crippen LogP contribution in [0.5, 0.6) is 0 Å². The number of aromatic nitrogens is 1. The molecule has 0 unspecified atom stereocenters. The van der Waals surface area contributed by atoms with Gasteiger partial charge in [0.1, 0.15) is 0 Å². The minimum Gasteiger partial charge on any atom is -0.350 e. The van der Waals surface area contributed by atoms with E-state index >= 15 is 0 Å². The second kappa shape index (κ2) is 8.08. The van der Waals surface area contributed by atoms with Crippen LogP contribution < -0.4 is 5.32 Å². The fourth-order valence-electron chi connectivity index (χ4n) is 2.29. The van der Waals surface area contributed by atoms with E-state index in [-0.39, 0.29) is 11.8 Å². The first-order chi connectivity index (χ1) is 11.1. The van der Waals surface area contributed by atoms with E-state index in [4.69, 9.17) is 0 Å². The van der Waals surface area contributed by atoms with Crippen LogP contribution >= 0.6 is 0 Å². The zero-order chi connectivity index (χ0) is 16.7. The molecule has 23 heavy (non-hydrogen) atoms. The third kappa shape index (κ3) is 4.92. The summed E-state index contributed by atoms with van der Waals surface area (Å²) in [5, 5.41) is 2.86. The van der Waals surface area contributed by atoms with Crippen LogP contribution in [0.15, 0.2) is 48.8 Å². The molecular weight excluding hydrogens is 290 g/mol. The monoisotopic (exact) mass is 311 g/mol. The SMILES string of the molecule is CC(=O)N(CCNC(=O)c1ccccc1C)Cc1cccnc1. The maximum atomic E-state index is 12.2. The van der Waals surface area contributed by atoms with Crippen LogP contribution in [0.4, 0.5) is 0 Å². The minimum absolute atomic E-state index is 0.0287. The molecule has 1 aromatic heterocycles. The summed E-state index contributed by atoms with van der Waals surface area (Å²) in [6, 6.07) is 11.2. The van der Waals surface area contributed by atoms with E-state index in [1.807, 2.05) is 37.3 Å². The molecule has 2 rings (SSSR count). The Morgan fingerprint density at radius 2 is 1.96 bits per heavy atom. The summed E-state index contributed by atoms with van der Waals surface area (Å²) in [5.41, 5.74) is 2.56. The smallest absolute Gasteiger partial charge is 0.251 e. The van der Waals surface area contributed by atoms with Crippen molar-refractivity contribution in [3.05, 3.63) is 65.5 Å². The summed E-state index contributed by atoms with van der Waals surface area (Å²) in [4.78, 5) is 29.6. The molecule has 0 aliphatic rings. The van der Waals surface area contributed by atoms with Crippen LogP contribution in [0, 0.1) is 6.92 Å². The van der Waals surface area contributed by atoms with E-state index in [1.165, 1.54) is 6.92 Å². The van der Waals surface area contributed by atoms with E-state index in [9.17, 15) is 9.59 Å². The molecule has 0 aliphatic carbocycles. The van der Waals surface area contributed by atoms with E-state index in [2.05, 4.69) is 10.3 Å². The van der Waals surface area contributed by atoms with Gasteiger partial charge in [0.15, 0.2) is 0 Å². The van der Waals surface area contributed by atoms with Gasteiger partial charge in [0.25, 0.3) is 5.91 Å². The molecule has 1 aromatic carbocycles. The van der Waals surface area contributed by atoms with Gasteiger partial charge in [0, 0.05) is 44.5 Å². The molecule has 2 amide bonds. The Bertz CT molecular complexity index is 671. The van der Waals surface area contributed by atoms with Gasteiger partial charge in [-0.05, 0) is 30.2 Å². The maximum absolute atomic E-state index is 12.2. The summed E-state index contributed by atoms with van der Waals surface area (Å²) < 4.78 is 0. The average molecular weight is 311 g/mol. The average Bonchev–Trinajstić information content (AvgIpc) is 2.55. The summed E-state index contributed by atoms with van der Waals surface area (Å²) in [7, 11) is 0. The number of pyridine rings is 1. The fraction of sp³-hybridized carbons (Fsp3) is 0.278. The van der Waals surface area contributed by atoms with Crippen molar-refractivity contribution in [3.63, 3.8) is 0 Å². The van der Waals surface area contributed by atoms with E-state index in [1.54, 1.807) is 23.4 Å². The summed E-state index contributed by atoms with van der Waals surface area (Å²) >= 11 is 0. The molecule has 1 heterocycles. The number of carbonyl (C=O) groups is 2. The number of benzene rings is 1. The van der Waals surface area contributed by atoms with Gasteiger partial charge in [-0.1, -0.05) is 24.3 Å². The van der Waals surface area contributed by atoms with Gasteiger partial charge in [-0.15, -0.1) is 0 Å². The van der Waals surface area contributed by atoms with Gasteiger partial charge in [-0.25, -0.2) is 0 Å². The van der Waals surface area contributed by atoms with Crippen LogP contribution in [-0.4, -0.2) is 34.8 Å². The largest absolute Gasteiger partial charge is 0.350 e. The van der Waals surface area contributed by atoms with Crippen LogP contribution in [0.1, 0.15) is 28.4 Å². The third-order valence-corrected chi connectivity index (χ3v) is 3.60. The molecule has 0 spiro atoms. The molecule has 1 N–H and O–H groups in total. The van der Waals surface area contributed by atoms with Crippen LogP contribution in [0.25, 0.3) is 0 Å². The third-order valence-electron chi connectivity index (χ3n) is 3.60. The molecule has 2 aromatic rings. The summed E-state index contributed by atoms with van der Waals surface area (Å²) in [6.45, 7) is 4.79. The lowest BCUT2D eigenvalue weighted by atomic mass is 10.1. The van der Waals surface area contributed by atoms with Gasteiger partial charge in [0.2, 0.25) is 5.91 Å². The van der Waals surface area contributed by atoms with Crippen LogP contribution in [0.3, 0.4) is 0 Å². The lowest BCUT2D eigenvalue weighted by Crippen LogP contribution is -2.37. The Morgan fingerprint density at radius 3 is 2.61 bits per heavy atom. The van der Waals surface area contributed by atoms with Crippen molar-refractivity contribution in [1.82, 2.24) is 15.2 Å². The van der Waals surface area contributed by atoms with Gasteiger partial charge >= 0.3 is 0 Å². The first-order valence-corrected chi connectivity index (χ1v) is 7.56. The molecule has 0 radical (unpaired) electrons. The molecule has 5 heteroatoms. The van der Waals surface area contributed by atoms with Crippen molar-refractivity contribution in [3.8, 4) is 0 Å². The second-order valence-corrected chi connectivity index (χ2v) is 5.37. The molecule has 0 aliphatic heterocycles. The number of amides is 2. The van der Waals surface area contributed by atoms with E-state index in [0.29, 0.717) is 25.2 Å². The number of hydrogen-bond acceptors (Lipinski definition) is 3. The zero-order valence-electron chi connectivity index (χ0n) is 13.5. The van der Waals surface area contributed by atoms with Crippen molar-refractivity contribution in [2.24, 2.45) is 0 Å². The minimum atomic E-state index is -0.118. The number of carbonyl (C=O) groups excluding carboxylic acids is 2. The van der Waals surface area contributed by atoms with E-state index < -0.39 is 0 Å². The highest BCUT2D eigenvalue weighted by Gasteiger charge is 2.11. The van der Waals surface area contributed by atoms with Crippen molar-refractivity contribution in [2.75, 3.05) is 13.1 Å². The standard InChI is InChI=1S/C18H21N3O2/c1-14-6-3-4-8-17(14)18(23)20-10-11-21(15(2)22)13-16-7-5-9-19-12-16/h3-9,12H,10-11,13H2,1-2H3,(H,20,23). The molecule has 5 nitrogen and oxygen atoms in total. The Labute approximate surface area is 136 Å². The molecule has 0 atom stereocenters. The molecule has 0 saturated heterocycles. The van der Waals surface area contributed by atoms with Gasteiger partial charge in [-0.2, -0.15) is 0 Å². The number of aryl methyl sites for hydroxylation is 1. The fourth-order valence-corrected chi connectivity index (χ4v) is 2.29. The lowest BCUT2D eigenvalue weighted by molar-refractivity contribution is -0.129. The number of hydrogen-bond donors (Lipinski definition) is 1. The van der Waals surface area contributed by atoms with Crippen molar-refractivity contribution >= 4 is 11.8 Å². The predicted octanol–water partition coefficient (Wildman–Crippen LogP) is 2.17. The Morgan fingerprint density at radius 1 is 1.17 bits per heavy atom. The normalized spacial score (nSPS) is 10.2. The molecular formula is C18H21N3O2. The second-order valence-electron chi connectivity index (χ2n) is 5.37. The van der Waals surface area contributed by atoms with Crippen LogP contribution in [-0.2, 0) is 11.3 Å². The van der Waals surface area contributed by atoms with E-state index in [0.717, 1.165) is 11.1 Å². The Balaban J connectivity index is 1.88. The highest BCUT2D eigenvalue weighted by Crippen LogP contribution is 2.06. The lowest BCUT2D eigenvalue weighted by Gasteiger charge is -2.21. The van der Waals surface area contributed by atoms with Crippen molar-refractivity contribution in [2.45, 2.75) is 20.4 Å². The highest BCUT2D eigenvalue weighted by molar-refractivity contribution is 5.95. The molecule has 0 bridgehead atoms. The Kier molecular flexibility index (Phi) is 5.86. The number of rotatable bonds is 6. The highest BCUT2D eigenvalue weighted by atomic mass is 16.2. The maximum Gasteiger partial charge on any atom is 0.251 e. The van der Waals surface area contributed by atoms with Gasteiger partial charge in [0.05, 0.1) is 0 Å². The Hall–Kier alpha value is -2.69. The quantitative estimate of drug-likeness (QED) is 0.889. The number of nitrogens with one attached hydrogen (secondary N) is 1. The topological polar surface area (TPSA) is 62.3 Å². The van der Waals surface area contributed by atoms with Crippen LogP contribution in [0.2, 0.25) is 0 Å². The van der Waals surface area contributed by atoms with Gasteiger partial charge < -0.3 is 10.2 Å².